The molecule has 2 amide bonds. The van der Waals surface area contributed by atoms with Crippen LogP contribution in [0.4, 0.5) is 5.69 Å². The van der Waals surface area contributed by atoms with Crippen molar-refractivity contribution in [1.29, 1.82) is 0 Å². The first-order valence-corrected chi connectivity index (χ1v) is 10.1. The highest BCUT2D eigenvalue weighted by Gasteiger charge is 2.35. The van der Waals surface area contributed by atoms with Gasteiger partial charge in [0.05, 0.1) is 11.3 Å². The lowest BCUT2D eigenvalue weighted by atomic mass is 10.1. The first-order chi connectivity index (χ1) is 15.2. The maximum atomic E-state index is 13.2. The summed E-state index contributed by atoms with van der Waals surface area (Å²) >= 11 is 5.25. The SMILES string of the molecule is Cc1ccc(N2C(=O)/C(=C/c3ccc(-c4ccc(C(=O)O)cc4)o3)C(=O)NC2=S)c(C)c1. The van der Waals surface area contributed by atoms with Crippen LogP contribution in [-0.4, -0.2) is 28.0 Å². The minimum Gasteiger partial charge on any atom is -0.478 e. The van der Waals surface area contributed by atoms with E-state index in [0.29, 0.717) is 22.8 Å². The highest BCUT2D eigenvalue weighted by atomic mass is 32.1. The summed E-state index contributed by atoms with van der Waals surface area (Å²) in [6.07, 6.45) is 1.37. The van der Waals surface area contributed by atoms with Gasteiger partial charge in [0.15, 0.2) is 5.11 Å². The number of aryl methyl sites for hydroxylation is 2. The summed E-state index contributed by atoms with van der Waals surface area (Å²) in [5, 5.41) is 11.6. The molecule has 0 radical (unpaired) electrons. The third-order valence-corrected chi connectivity index (χ3v) is 5.31. The van der Waals surface area contributed by atoms with Gasteiger partial charge in [0, 0.05) is 5.56 Å². The zero-order chi connectivity index (χ0) is 23.0. The van der Waals surface area contributed by atoms with Crippen molar-refractivity contribution in [2.45, 2.75) is 13.8 Å². The van der Waals surface area contributed by atoms with E-state index in [-0.39, 0.29) is 16.2 Å². The van der Waals surface area contributed by atoms with Crippen molar-refractivity contribution < 1.29 is 23.9 Å². The smallest absolute Gasteiger partial charge is 0.335 e. The molecule has 32 heavy (non-hydrogen) atoms. The summed E-state index contributed by atoms with van der Waals surface area (Å²) in [5.74, 6) is -1.40. The van der Waals surface area contributed by atoms with Crippen molar-refractivity contribution in [2.75, 3.05) is 4.90 Å². The van der Waals surface area contributed by atoms with Gasteiger partial charge in [0.1, 0.15) is 17.1 Å². The number of aromatic carboxylic acids is 1. The van der Waals surface area contributed by atoms with Gasteiger partial charge < -0.3 is 9.52 Å². The van der Waals surface area contributed by atoms with Crippen molar-refractivity contribution in [2.24, 2.45) is 0 Å². The van der Waals surface area contributed by atoms with E-state index in [2.05, 4.69) is 5.32 Å². The molecular weight excluding hydrogens is 428 g/mol. The van der Waals surface area contributed by atoms with E-state index in [9.17, 15) is 14.4 Å². The molecule has 1 saturated heterocycles. The van der Waals surface area contributed by atoms with Gasteiger partial charge in [-0.2, -0.15) is 0 Å². The van der Waals surface area contributed by atoms with E-state index < -0.39 is 17.8 Å². The van der Waals surface area contributed by atoms with Crippen molar-refractivity contribution in [3.8, 4) is 11.3 Å². The predicted molar refractivity (Wildman–Crippen MR) is 123 cm³/mol. The number of carboxylic acid groups (broad SMARTS) is 1. The van der Waals surface area contributed by atoms with E-state index in [1.54, 1.807) is 30.3 Å². The summed E-state index contributed by atoms with van der Waals surface area (Å²) in [5.41, 5.74) is 3.20. The highest BCUT2D eigenvalue weighted by molar-refractivity contribution is 7.80. The second-order valence-corrected chi connectivity index (χ2v) is 7.72. The summed E-state index contributed by atoms with van der Waals surface area (Å²) in [6, 6.07) is 15.1. The van der Waals surface area contributed by atoms with Crippen LogP contribution in [0.5, 0.6) is 0 Å². The molecule has 2 aromatic carbocycles. The molecule has 1 fully saturated rings. The van der Waals surface area contributed by atoms with Crippen molar-refractivity contribution >= 4 is 46.9 Å². The van der Waals surface area contributed by atoms with E-state index in [1.807, 2.05) is 26.0 Å². The molecule has 7 nitrogen and oxygen atoms in total. The predicted octanol–water partition coefficient (Wildman–Crippen LogP) is 4.09. The minimum atomic E-state index is -1.02. The number of carboxylic acids is 1. The Morgan fingerprint density at radius 2 is 1.78 bits per heavy atom. The van der Waals surface area contributed by atoms with Gasteiger partial charge in [-0.15, -0.1) is 0 Å². The molecule has 4 rings (SSSR count). The fourth-order valence-electron chi connectivity index (χ4n) is 3.44. The average molecular weight is 446 g/mol. The topological polar surface area (TPSA) is 99.8 Å². The fourth-order valence-corrected chi connectivity index (χ4v) is 3.71. The van der Waals surface area contributed by atoms with E-state index in [4.69, 9.17) is 21.7 Å². The largest absolute Gasteiger partial charge is 0.478 e. The van der Waals surface area contributed by atoms with Crippen LogP contribution in [0.1, 0.15) is 27.2 Å². The number of rotatable bonds is 4. The molecule has 1 aromatic heterocycles. The second-order valence-electron chi connectivity index (χ2n) is 7.33. The zero-order valence-electron chi connectivity index (χ0n) is 17.2. The molecule has 2 N–H and O–H groups in total. The Hall–Kier alpha value is -4.04. The van der Waals surface area contributed by atoms with Crippen LogP contribution >= 0.6 is 12.2 Å². The van der Waals surface area contributed by atoms with Crippen molar-refractivity contribution in [1.82, 2.24) is 5.32 Å². The molecular formula is C24H18N2O5S. The molecule has 0 spiro atoms. The minimum absolute atomic E-state index is 0.0164. The monoisotopic (exact) mass is 446 g/mol. The van der Waals surface area contributed by atoms with Gasteiger partial charge in [-0.3, -0.25) is 19.8 Å². The van der Waals surface area contributed by atoms with Crippen molar-refractivity contribution in [3.05, 3.63) is 82.6 Å². The molecule has 160 valence electrons. The first-order valence-electron chi connectivity index (χ1n) is 9.67. The number of hydrogen-bond acceptors (Lipinski definition) is 5. The summed E-state index contributed by atoms with van der Waals surface area (Å²) < 4.78 is 5.77. The van der Waals surface area contributed by atoms with Crippen LogP contribution in [0.15, 0.2) is 64.6 Å². The fraction of sp³-hybridized carbons (Fsp3) is 0.0833. The maximum Gasteiger partial charge on any atom is 0.335 e. The van der Waals surface area contributed by atoms with Gasteiger partial charge in [-0.1, -0.05) is 29.8 Å². The Morgan fingerprint density at radius 1 is 1.06 bits per heavy atom. The first kappa shape index (κ1) is 21.2. The molecule has 0 bridgehead atoms. The van der Waals surface area contributed by atoms with Gasteiger partial charge in [0.2, 0.25) is 0 Å². The maximum absolute atomic E-state index is 13.2. The number of carbonyl (C=O) groups is 3. The highest BCUT2D eigenvalue weighted by Crippen LogP contribution is 2.28. The Morgan fingerprint density at radius 3 is 2.44 bits per heavy atom. The molecule has 1 aliphatic heterocycles. The van der Waals surface area contributed by atoms with Crippen LogP contribution in [0.25, 0.3) is 17.4 Å². The Balaban J connectivity index is 1.66. The van der Waals surface area contributed by atoms with Gasteiger partial charge in [-0.05, 0) is 68.0 Å². The standard InChI is InChI=1S/C24H18N2O5S/c1-13-3-9-19(14(2)11-13)26-22(28)18(21(27)25-24(26)32)12-17-8-10-20(31-17)15-4-6-16(7-5-15)23(29)30/h3-12H,1-2H3,(H,29,30)(H,25,27,32)/b18-12+. The Kier molecular flexibility index (Phi) is 5.46. The Labute approximate surface area is 189 Å². The number of hydrogen-bond donors (Lipinski definition) is 2. The molecule has 0 unspecified atom stereocenters. The van der Waals surface area contributed by atoms with Crippen LogP contribution in [-0.2, 0) is 9.59 Å². The molecule has 2 heterocycles. The summed E-state index contributed by atoms with van der Waals surface area (Å²) in [4.78, 5) is 38.0. The quantitative estimate of drug-likeness (QED) is 0.356. The molecule has 0 aliphatic carbocycles. The van der Waals surface area contributed by atoms with E-state index in [0.717, 1.165) is 11.1 Å². The van der Waals surface area contributed by atoms with Crippen LogP contribution in [0.2, 0.25) is 0 Å². The van der Waals surface area contributed by atoms with Crippen LogP contribution < -0.4 is 10.2 Å². The average Bonchev–Trinajstić information content (AvgIpc) is 3.21. The van der Waals surface area contributed by atoms with Crippen LogP contribution in [0.3, 0.4) is 0 Å². The molecule has 1 aliphatic rings. The summed E-state index contributed by atoms with van der Waals surface area (Å²) in [6.45, 7) is 3.82. The molecule has 3 aromatic rings. The van der Waals surface area contributed by atoms with E-state index >= 15 is 0 Å². The molecule has 0 atom stereocenters. The Bertz CT molecular complexity index is 1300. The lowest BCUT2D eigenvalue weighted by molar-refractivity contribution is -0.122. The third kappa shape index (κ3) is 3.95. The number of nitrogens with one attached hydrogen (secondary N) is 1. The molecule has 0 saturated carbocycles. The number of amides is 2. The van der Waals surface area contributed by atoms with Gasteiger partial charge >= 0.3 is 5.97 Å². The second kappa shape index (κ2) is 8.24. The van der Waals surface area contributed by atoms with Gasteiger partial charge in [-0.25, -0.2) is 4.79 Å². The zero-order valence-corrected chi connectivity index (χ0v) is 18.0. The lowest BCUT2D eigenvalue weighted by Crippen LogP contribution is -2.54. The van der Waals surface area contributed by atoms with Crippen LogP contribution in [0, 0.1) is 13.8 Å². The number of furan rings is 1. The van der Waals surface area contributed by atoms with Gasteiger partial charge in [0.25, 0.3) is 11.8 Å². The third-order valence-electron chi connectivity index (χ3n) is 5.02. The van der Waals surface area contributed by atoms with E-state index in [1.165, 1.54) is 23.1 Å². The normalized spacial score (nSPS) is 15.2. The number of nitrogens with zero attached hydrogens (tertiary/aromatic N) is 1. The summed E-state index contributed by atoms with van der Waals surface area (Å²) in [7, 11) is 0. The molecule has 8 heteroatoms. The number of thiocarbonyl (C=S) groups is 1. The lowest BCUT2D eigenvalue weighted by Gasteiger charge is -2.30. The number of carbonyl (C=O) groups excluding carboxylic acids is 2. The van der Waals surface area contributed by atoms with Crippen molar-refractivity contribution in [3.63, 3.8) is 0 Å². The number of benzene rings is 2. The number of anilines is 1.